The van der Waals surface area contributed by atoms with Crippen LogP contribution in [0.4, 0.5) is 11.4 Å². The summed E-state index contributed by atoms with van der Waals surface area (Å²) in [5.74, 6) is 0. The number of nitrogens with one attached hydrogen (secondary N) is 4. The molecule has 3 heterocycles. The molecule has 43 heavy (non-hydrogen) atoms. The van der Waals surface area contributed by atoms with Crippen LogP contribution < -0.4 is 21.3 Å². The lowest BCUT2D eigenvalue weighted by Crippen LogP contribution is -2.48. The van der Waals surface area contributed by atoms with Crippen molar-refractivity contribution in [3.8, 4) is 0 Å². The summed E-state index contributed by atoms with van der Waals surface area (Å²) in [6.07, 6.45) is 8.01. The Labute approximate surface area is 262 Å². The van der Waals surface area contributed by atoms with Crippen LogP contribution >= 0.6 is 23.2 Å². The molecule has 0 bridgehead atoms. The zero-order valence-corrected chi connectivity index (χ0v) is 26.4. The van der Waals surface area contributed by atoms with Crippen molar-refractivity contribution in [1.29, 1.82) is 0 Å². The molecule has 1 saturated heterocycles. The van der Waals surface area contributed by atoms with E-state index in [-0.39, 0.29) is 12.1 Å². The van der Waals surface area contributed by atoms with E-state index >= 15 is 0 Å². The summed E-state index contributed by atoms with van der Waals surface area (Å²) in [6, 6.07) is 11.9. The third-order valence-electron chi connectivity index (χ3n) is 9.59. The summed E-state index contributed by atoms with van der Waals surface area (Å²) in [7, 11) is 0. The predicted octanol–water partition coefficient (Wildman–Crippen LogP) is 7.47. The number of aromatic nitrogens is 2. The fourth-order valence-corrected chi connectivity index (χ4v) is 7.90. The highest BCUT2D eigenvalue weighted by molar-refractivity contribution is 6.32. The number of halogens is 2. The van der Waals surface area contributed by atoms with Crippen LogP contribution in [0.1, 0.15) is 88.7 Å². The van der Waals surface area contributed by atoms with Crippen molar-refractivity contribution < 1.29 is 9.84 Å². The van der Waals surface area contributed by atoms with Crippen molar-refractivity contribution in [2.45, 2.75) is 101 Å². The van der Waals surface area contributed by atoms with Crippen LogP contribution in [0.3, 0.4) is 0 Å². The Hall–Kier alpha value is -2.46. The smallest absolute Gasteiger partial charge is 0.148 e. The number of benzene rings is 2. The van der Waals surface area contributed by atoms with Crippen molar-refractivity contribution in [2.24, 2.45) is 5.73 Å². The Kier molecular flexibility index (Phi) is 7.81. The maximum Gasteiger partial charge on any atom is 0.148 e. The van der Waals surface area contributed by atoms with Gasteiger partial charge in [-0.05, 0) is 75.9 Å². The third kappa shape index (κ3) is 5.74. The number of hydrogen-bond acceptors (Lipinski definition) is 6. The lowest BCUT2D eigenvalue weighted by atomic mass is 10.1. The van der Waals surface area contributed by atoms with Crippen LogP contribution in [-0.4, -0.2) is 45.7 Å². The number of aliphatic hydroxyl groups is 1. The van der Waals surface area contributed by atoms with E-state index in [2.05, 4.69) is 31.6 Å². The average molecular weight is 626 g/mol. The average Bonchev–Trinajstić information content (AvgIpc) is 3.78. The normalized spacial score (nSPS) is 22.6. The van der Waals surface area contributed by atoms with Gasteiger partial charge in [-0.15, -0.1) is 0 Å². The van der Waals surface area contributed by atoms with Gasteiger partial charge in [0.25, 0.3) is 0 Å². The van der Waals surface area contributed by atoms with Crippen molar-refractivity contribution in [3.05, 3.63) is 57.8 Å². The molecule has 7 N–H and O–H groups in total. The highest BCUT2D eigenvalue weighted by Gasteiger charge is 2.36. The van der Waals surface area contributed by atoms with E-state index in [1.807, 2.05) is 44.2 Å². The summed E-state index contributed by atoms with van der Waals surface area (Å²) in [4.78, 5) is 9.31. The van der Waals surface area contributed by atoms with E-state index in [0.717, 1.165) is 83.1 Å². The van der Waals surface area contributed by atoms with E-state index in [1.165, 1.54) is 12.8 Å². The van der Waals surface area contributed by atoms with E-state index in [0.29, 0.717) is 22.7 Å². The molecule has 8 nitrogen and oxygen atoms in total. The molecule has 0 spiro atoms. The quantitative estimate of drug-likeness (QED) is 0.113. The number of ether oxygens (including phenoxy) is 1. The largest absolute Gasteiger partial charge is 0.381 e. The van der Waals surface area contributed by atoms with E-state index in [4.69, 9.17) is 33.7 Å². The van der Waals surface area contributed by atoms with Crippen molar-refractivity contribution in [1.82, 2.24) is 15.3 Å². The number of nitrogens with zero attached hydrogens (tertiary/aromatic N) is 1. The van der Waals surface area contributed by atoms with Gasteiger partial charge in [-0.25, -0.2) is 0 Å². The van der Waals surface area contributed by atoms with E-state index in [9.17, 15) is 5.11 Å². The number of aromatic amines is 2. The molecule has 1 aliphatic heterocycles. The molecule has 0 radical (unpaired) electrons. The van der Waals surface area contributed by atoms with Gasteiger partial charge in [-0.2, -0.15) is 0 Å². The van der Waals surface area contributed by atoms with Gasteiger partial charge in [0.2, 0.25) is 0 Å². The summed E-state index contributed by atoms with van der Waals surface area (Å²) in [6.45, 7) is 4.64. The number of fused-ring (bicyclic) bond motifs is 2. The highest BCUT2D eigenvalue weighted by Crippen LogP contribution is 2.40. The van der Waals surface area contributed by atoms with Gasteiger partial charge in [0.05, 0.1) is 41.1 Å². The predicted molar refractivity (Wildman–Crippen MR) is 176 cm³/mol. The maximum absolute atomic E-state index is 12.1. The molecule has 2 aromatic carbocycles. The Morgan fingerprint density at radius 1 is 0.930 bits per heavy atom. The van der Waals surface area contributed by atoms with Crippen LogP contribution in [0, 0.1) is 0 Å². The molecule has 3 atom stereocenters. The van der Waals surface area contributed by atoms with Crippen molar-refractivity contribution in [2.75, 3.05) is 16.8 Å². The Bertz CT molecular complexity index is 1620. The lowest BCUT2D eigenvalue weighted by molar-refractivity contribution is 0.0231. The summed E-state index contributed by atoms with van der Waals surface area (Å²) < 4.78 is 5.94. The minimum atomic E-state index is -0.988. The maximum atomic E-state index is 12.1. The standard InChI is InChI=1S/C33H42Cl2N6O2/c1-33(2)40-27(17-43-33)24-13-19-12-21(35)16-28(31(19)38-24)41(23-9-5-6-10-23)32(42)29(36)25-14-18-11-20(34)15-26(30(18)39-25)37-22-7-3-4-8-22/h11-16,22-23,27,29,32,37-40,42H,3-10,17,36H2,1-2H3/t27-,29+,32?/m1/s1. The van der Waals surface area contributed by atoms with Gasteiger partial charge in [0.15, 0.2) is 0 Å². The second kappa shape index (κ2) is 11.5. The number of rotatable bonds is 8. The first-order chi connectivity index (χ1) is 20.6. The first-order valence-electron chi connectivity index (χ1n) is 15.7. The Morgan fingerprint density at radius 2 is 1.60 bits per heavy atom. The third-order valence-corrected chi connectivity index (χ3v) is 10.0. The molecule has 7 rings (SSSR count). The molecule has 230 valence electrons. The van der Waals surface area contributed by atoms with Crippen molar-refractivity contribution in [3.63, 3.8) is 0 Å². The zero-order chi connectivity index (χ0) is 29.9. The molecule has 3 fully saturated rings. The molecule has 10 heteroatoms. The molecule has 4 aromatic rings. The number of aliphatic hydroxyl groups excluding tert-OH is 1. The van der Waals surface area contributed by atoms with Gasteiger partial charge < -0.3 is 35.8 Å². The lowest BCUT2D eigenvalue weighted by Gasteiger charge is -2.38. The molecule has 3 aliphatic rings. The number of nitrogens with two attached hydrogens (primary N) is 1. The van der Waals surface area contributed by atoms with Gasteiger partial charge in [-0.1, -0.05) is 48.9 Å². The minimum absolute atomic E-state index is 0.0337. The first kappa shape index (κ1) is 29.3. The molecule has 1 unspecified atom stereocenters. The van der Waals surface area contributed by atoms with Gasteiger partial charge in [0, 0.05) is 44.3 Å². The second-order valence-corrected chi connectivity index (χ2v) is 14.1. The van der Waals surface area contributed by atoms with Gasteiger partial charge >= 0.3 is 0 Å². The highest BCUT2D eigenvalue weighted by atomic mass is 35.5. The first-order valence-corrected chi connectivity index (χ1v) is 16.5. The van der Waals surface area contributed by atoms with Crippen LogP contribution in [-0.2, 0) is 4.74 Å². The molecular formula is C33H42Cl2N6O2. The second-order valence-electron chi connectivity index (χ2n) is 13.2. The fourth-order valence-electron chi connectivity index (χ4n) is 7.45. The summed E-state index contributed by atoms with van der Waals surface area (Å²) in [5, 5.41) is 22.6. The van der Waals surface area contributed by atoms with Crippen LogP contribution in [0.15, 0.2) is 36.4 Å². The van der Waals surface area contributed by atoms with Gasteiger partial charge in [0.1, 0.15) is 12.0 Å². The molecule has 2 saturated carbocycles. The van der Waals surface area contributed by atoms with Crippen LogP contribution in [0.2, 0.25) is 10.0 Å². The molecular weight excluding hydrogens is 583 g/mol. The van der Waals surface area contributed by atoms with Gasteiger partial charge in [-0.3, -0.25) is 5.32 Å². The number of anilines is 2. The van der Waals surface area contributed by atoms with Crippen LogP contribution in [0.25, 0.3) is 21.8 Å². The SMILES string of the molecule is CC1(C)N[C@@H](c2cc3cc(Cl)cc(N(C4CCCC4)C(O)[C@@H](N)c4cc5cc(Cl)cc(NC6CCCC6)c5[nH]4)c3[nH]2)CO1. The zero-order valence-electron chi connectivity index (χ0n) is 24.9. The minimum Gasteiger partial charge on any atom is -0.381 e. The fraction of sp³-hybridized carbons (Fsp3) is 0.515. The summed E-state index contributed by atoms with van der Waals surface area (Å²) >= 11 is 13.3. The number of hydrogen-bond donors (Lipinski definition) is 6. The summed E-state index contributed by atoms with van der Waals surface area (Å²) in [5.41, 5.74) is 12.1. The van der Waals surface area contributed by atoms with Crippen LogP contribution in [0.5, 0.6) is 0 Å². The van der Waals surface area contributed by atoms with E-state index < -0.39 is 18.0 Å². The Morgan fingerprint density at radius 3 is 2.30 bits per heavy atom. The topological polar surface area (TPSA) is 114 Å². The molecule has 0 amide bonds. The van der Waals surface area contributed by atoms with E-state index in [1.54, 1.807) is 0 Å². The Balaban J connectivity index is 1.25. The number of H-pyrrole nitrogens is 2. The molecule has 2 aliphatic carbocycles. The van der Waals surface area contributed by atoms with Crippen molar-refractivity contribution >= 4 is 56.4 Å². The molecule has 2 aromatic heterocycles. The monoisotopic (exact) mass is 624 g/mol.